The summed E-state index contributed by atoms with van der Waals surface area (Å²) in [4.78, 5) is 19.9. The molecule has 1 aromatic heterocycles. The zero-order valence-corrected chi connectivity index (χ0v) is 15.5. The average molecular weight is 395 g/mol. The summed E-state index contributed by atoms with van der Waals surface area (Å²) in [6, 6.07) is 17.7. The van der Waals surface area contributed by atoms with Crippen LogP contribution in [0.1, 0.15) is 10.4 Å². The van der Waals surface area contributed by atoms with Gasteiger partial charge in [0.2, 0.25) is 0 Å². The zero-order valence-electron chi connectivity index (χ0n) is 14.8. The molecule has 3 aromatic carbocycles. The summed E-state index contributed by atoms with van der Waals surface area (Å²) >= 11 is 6.15. The Labute approximate surface area is 165 Å². The van der Waals surface area contributed by atoms with Crippen LogP contribution >= 0.6 is 11.6 Å². The standard InChI is InChI=1S/C21H15ClN2O4/c1-27-15-7-9-18-17(11-15)20(16-8-4-13(22)10-19(16)24-18)23-14-5-2-12(3-6-14)21(25)28-26/h2-11,26H,1H3,(H,23,24). The van der Waals surface area contributed by atoms with E-state index in [4.69, 9.17) is 26.6 Å². The molecular formula is C21H15ClN2O4. The lowest BCUT2D eigenvalue weighted by atomic mass is 10.1. The summed E-state index contributed by atoms with van der Waals surface area (Å²) in [6.07, 6.45) is 0. The number of nitrogens with zero attached hydrogens (tertiary/aromatic N) is 1. The molecule has 0 amide bonds. The van der Waals surface area contributed by atoms with Crippen LogP contribution in [0.25, 0.3) is 21.8 Å². The van der Waals surface area contributed by atoms with E-state index >= 15 is 0 Å². The fourth-order valence-corrected chi connectivity index (χ4v) is 3.21. The molecule has 0 aliphatic carbocycles. The number of halogens is 1. The monoisotopic (exact) mass is 394 g/mol. The van der Waals surface area contributed by atoms with E-state index < -0.39 is 5.97 Å². The molecule has 0 saturated carbocycles. The number of methoxy groups -OCH3 is 1. The van der Waals surface area contributed by atoms with Crippen molar-refractivity contribution in [3.8, 4) is 5.75 Å². The Morgan fingerprint density at radius 3 is 2.50 bits per heavy atom. The minimum absolute atomic E-state index is 0.242. The van der Waals surface area contributed by atoms with Crippen molar-refractivity contribution < 1.29 is 19.7 Å². The highest BCUT2D eigenvalue weighted by Gasteiger charge is 2.12. The van der Waals surface area contributed by atoms with Crippen molar-refractivity contribution in [2.24, 2.45) is 0 Å². The SMILES string of the molecule is COc1ccc2nc3cc(Cl)ccc3c(Nc3ccc(C(=O)OO)cc3)c2c1. The molecule has 0 unspecified atom stereocenters. The molecule has 0 spiro atoms. The fraction of sp³-hybridized carbons (Fsp3) is 0.0476. The van der Waals surface area contributed by atoms with E-state index in [9.17, 15) is 4.79 Å². The van der Waals surface area contributed by atoms with E-state index in [1.54, 1.807) is 31.4 Å². The number of pyridine rings is 1. The number of aromatic nitrogens is 1. The van der Waals surface area contributed by atoms with E-state index in [0.29, 0.717) is 10.8 Å². The van der Waals surface area contributed by atoms with Gasteiger partial charge in [-0.2, -0.15) is 5.26 Å². The average Bonchev–Trinajstić information content (AvgIpc) is 2.73. The molecule has 2 N–H and O–H groups in total. The molecular weight excluding hydrogens is 380 g/mol. The first-order chi connectivity index (χ1) is 13.6. The van der Waals surface area contributed by atoms with Crippen LogP contribution < -0.4 is 10.1 Å². The molecule has 0 radical (unpaired) electrons. The fourth-order valence-electron chi connectivity index (χ4n) is 3.04. The van der Waals surface area contributed by atoms with Crippen molar-refractivity contribution in [3.63, 3.8) is 0 Å². The largest absolute Gasteiger partial charge is 0.497 e. The van der Waals surface area contributed by atoms with Crippen LogP contribution in [0.4, 0.5) is 11.4 Å². The van der Waals surface area contributed by atoms with Gasteiger partial charge in [-0.25, -0.2) is 9.78 Å². The van der Waals surface area contributed by atoms with Gasteiger partial charge in [0, 0.05) is 21.5 Å². The molecule has 0 bridgehead atoms. The summed E-state index contributed by atoms with van der Waals surface area (Å²) in [6.45, 7) is 0. The van der Waals surface area contributed by atoms with Gasteiger partial charge in [-0.15, -0.1) is 0 Å². The van der Waals surface area contributed by atoms with Crippen LogP contribution in [0.5, 0.6) is 5.75 Å². The van der Waals surface area contributed by atoms with Gasteiger partial charge in [0.25, 0.3) is 0 Å². The van der Waals surface area contributed by atoms with Crippen molar-refractivity contribution in [1.29, 1.82) is 0 Å². The number of fused-ring (bicyclic) bond motifs is 2. The molecule has 7 heteroatoms. The zero-order chi connectivity index (χ0) is 19.7. The minimum Gasteiger partial charge on any atom is -0.497 e. The van der Waals surface area contributed by atoms with Gasteiger partial charge in [-0.3, -0.25) is 4.89 Å². The lowest BCUT2D eigenvalue weighted by Gasteiger charge is -2.14. The van der Waals surface area contributed by atoms with Crippen LogP contribution in [-0.4, -0.2) is 23.3 Å². The summed E-state index contributed by atoms with van der Waals surface area (Å²) in [5, 5.41) is 14.3. The second kappa shape index (κ2) is 7.34. The number of carbonyl (C=O) groups is 1. The van der Waals surface area contributed by atoms with Crippen LogP contribution in [0, 0.1) is 0 Å². The lowest BCUT2D eigenvalue weighted by molar-refractivity contribution is -0.182. The van der Waals surface area contributed by atoms with Crippen molar-refractivity contribution >= 4 is 50.8 Å². The summed E-state index contributed by atoms with van der Waals surface area (Å²) in [7, 11) is 1.61. The third-order valence-corrected chi connectivity index (χ3v) is 4.65. The Hall–Kier alpha value is -3.35. The number of ether oxygens (including phenoxy) is 1. The Morgan fingerprint density at radius 2 is 1.79 bits per heavy atom. The van der Waals surface area contributed by atoms with E-state index in [1.165, 1.54) is 0 Å². The minimum atomic E-state index is -0.814. The number of hydrogen-bond donors (Lipinski definition) is 2. The molecule has 1 heterocycles. The van der Waals surface area contributed by atoms with Crippen molar-refractivity contribution in [2.75, 3.05) is 12.4 Å². The number of anilines is 2. The van der Waals surface area contributed by atoms with Crippen LogP contribution in [0.3, 0.4) is 0 Å². The maximum Gasteiger partial charge on any atom is 0.372 e. The highest BCUT2D eigenvalue weighted by Crippen LogP contribution is 2.36. The van der Waals surface area contributed by atoms with Crippen LogP contribution in [0.2, 0.25) is 5.02 Å². The van der Waals surface area contributed by atoms with Gasteiger partial charge in [-0.1, -0.05) is 11.6 Å². The summed E-state index contributed by atoms with van der Waals surface area (Å²) in [5.74, 6) is -0.0996. The predicted octanol–water partition coefficient (Wildman–Crippen LogP) is 5.42. The van der Waals surface area contributed by atoms with Gasteiger partial charge < -0.3 is 10.1 Å². The molecule has 0 aliphatic heterocycles. The first-order valence-corrected chi connectivity index (χ1v) is 8.76. The lowest BCUT2D eigenvalue weighted by Crippen LogP contribution is -2.01. The molecule has 6 nitrogen and oxygen atoms in total. The van der Waals surface area contributed by atoms with Crippen LogP contribution in [-0.2, 0) is 4.89 Å². The predicted molar refractivity (Wildman–Crippen MR) is 109 cm³/mol. The number of carbonyl (C=O) groups excluding carboxylic acids is 1. The highest BCUT2D eigenvalue weighted by atomic mass is 35.5. The maximum atomic E-state index is 11.4. The topological polar surface area (TPSA) is 80.7 Å². The quantitative estimate of drug-likeness (QED) is 0.273. The third kappa shape index (κ3) is 3.31. The first-order valence-electron chi connectivity index (χ1n) is 8.39. The molecule has 28 heavy (non-hydrogen) atoms. The number of rotatable bonds is 4. The van der Waals surface area contributed by atoms with E-state index in [-0.39, 0.29) is 5.56 Å². The van der Waals surface area contributed by atoms with Gasteiger partial charge in [0.15, 0.2) is 0 Å². The van der Waals surface area contributed by atoms with Gasteiger partial charge >= 0.3 is 5.97 Å². The molecule has 0 aliphatic rings. The number of hydrogen-bond acceptors (Lipinski definition) is 6. The highest BCUT2D eigenvalue weighted by molar-refractivity contribution is 6.31. The normalized spacial score (nSPS) is 10.8. The Morgan fingerprint density at radius 1 is 1.00 bits per heavy atom. The molecule has 0 saturated heterocycles. The second-order valence-electron chi connectivity index (χ2n) is 6.11. The van der Waals surface area contributed by atoms with Crippen LogP contribution in [0.15, 0.2) is 60.7 Å². The Kier molecular flexibility index (Phi) is 4.73. The van der Waals surface area contributed by atoms with E-state index in [2.05, 4.69) is 10.2 Å². The smallest absolute Gasteiger partial charge is 0.372 e. The molecule has 140 valence electrons. The van der Waals surface area contributed by atoms with Gasteiger partial charge in [0.1, 0.15) is 5.75 Å². The van der Waals surface area contributed by atoms with Crippen molar-refractivity contribution in [3.05, 3.63) is 71.2 Å². The summed E-state index contributed by atoms with van der Waals surface area (Å²) in [5.41, 5.74) is 3.38. The maximum absolute atomic E-state index is 11.4. The molecule has 0 atom stereocenters. The molecule has 4 rings (SSSR count). The molecule has 4 aromatic rings. The van der Waals surface area contributed by atoms with Crippen molar-refractivity contribution in [1.82, 2.24) is 4.98 Å². The first kappa shape index (κ1) is 18.0. The third-order valence-electron chi connectivity index (χ3n) is 4.42. The van der Waals surface area contributed by atoms with E-state index in [0.717, 1.165) is 33.2 Å². The number of nitrogens with one attached hydrogen (secondary N) is 1. The Balaban J connectivity index is 1.88. The van der Waals surface area contributed by atoms with E-state index in [1.807, 2.05) is 36.4 Å². The van der Waals surface area contributed by atoms with Crippen molar-refractivity contribution in [2.45, 2.75) is 0 Å². The second-order valence-corrected chi connectivity index (χ2v) is 6.55. The van der Waals surface area contributed by atoms with Gasteiger partial charge in [0.05, 0.1) is 29.4 Å². The van der Waals surface area contributed by atoms with Gasteiger partial charge in [-0.05, 0) is 60.7 Å². The number of benzene rings is 3. The Bertz CT molecular complexity index is 1190. The molecule has 0 fully saturated rings. The summed E-state index contributed by atoms with van der Waals surface area (Å²) < 4.78 is 5.36.